The molecule has 0 heterocycles. The lowest BCUT2D eigenvalue weighted by molar-refractivity contribution is -0.133. The number of primary amides is 1. The molecule has 2 N–H and O–H groups in total. The summed E-state index contributed by atoms with van der Waals surface area (Å²) >= 11 is 5.81. The molecule has 0 unspecified atom stereocenters. The molecule has 138 valence electrons. The summed E-state index contributed by atoms with van der Waals surface area (Å²) in [5.41, 5.74) is 3.96. The topological polar surface area (TPSA) is 77.2 Å². The molecule has 0 bridgehead atoms. The molecule has 3 rings (SSSR count). The Bertz CT molecular complexity index is 984. The first-order valence-electron chi connectivity index (χ1n) is 7.77. The van der Waals surface area contributed by atoms with Gasteiger partial charge in [0.25, 0.3) is 0 Å². The van der Waals surface area contributed by atoms with Gasteiger partial charge in [0, 0.05) is 16.0 Å². The van der Waals surface area contributed by atoms with Gasteiger partial charge in [0.15, 0.2) is 9.84 Å². The average molecular weight is 400 g/mol. The number of hydrogen-bond acceptors (Lipinski definition) is 3. The summed E-state index contributed by atoms with van der Waals surface area (Å²) in [6.45, 7) is 1.52. The zero-order chi connectivity index (χ0) is 19.3. The second-order valence-corrected chi connectivity index (χ2v) is 9.55. The van der Waals surface area contributed by atoms with Crippen molar-refractivity contribution < 1.29 is 22.0 Å². The second-order valence-electron chi connectivity index (χ2n) is 6.85. The third-order valence-corrected chi connectivity index (χ3v) is 7.69. The fourth-order valence-electron chi connectivity index (χ4n) is 3.59. The molecule has 0 saturated heterocycles. The Labute approximate surface area is 154 Å². The smallest absolute Gasteiger partial charge is 0.223 e. The maximum atomic E-state index is 14.5. The van der Waals surface area contributed by atoms with Crippen molar-refractivity contribution in [3.8, 4) is 0 Å². The van der Waals surface area contributed by atoms with Crippen molar-refractivity contribution in [2.75, 3.05) is 0 Å². The van der Waals surface area contributed by atoms with E-state index in [9.17, 15) is 22.0 Å². The van der Waals surface area contributed by atoms with Gasteiger partial charge < -0.3 is 5.73 Å². The van der Waals surface area contributed by atoms with E-state index >= 15 is 0 Å². The largest absolute Gasteiger partial charge is 0.369 e. The highest BCUT2D eigenvalue weighted by Gasteiger charge is 2.64. The number of nitrogens with two attached hydrogens (primary N) is 1. The highest BCUT2D eigenvalue weighted by atomic mass is 35.5. The number of rotatable bonds is 4. The molecule has 2 aromatic carbocycles. The summed E-state index contributed by atoms with van der Waals surface area (Å²) in [5.74, 6) is -2.30. The molecule has 0 aliphatic heterocycles. The molecular weight excluding hydrogens is 384 g/mol. The summed E-state index contributed by atoms with van der Waals surface area (Å²) in [6.07, 6.45) is -0.471. The summed E-state index contributed by atoms with van der Waals surface area (Å²) in [7, 11) is -4.15. The van der Waals surface area contributed by atoms with Gasteiger partial charge in [0.1, 0.15) is 16.4 Å². The molecular formula is C18H16ClF2NO3S. The molecule has 1 aliphatic carbocycles. The quantitative estimate of drug-likeness (QED) is 0.853. The van der Waals surface area contributed by atoms with Crippen molar-refractivity contribution in [3.05, 3.63) is 64.7 Å². The SMILES string of the molecule is C[C@]1(C(N)=O)C[C@@](c2cc(F)ccc2F)(S(=O)(=O)c2ccc(Cl)cc2)C1. The molecule has 0 spiro atoms. The van der Waals surface area contributed by atoms with Gasteiger partial charge >= 0.3 is 0 Å². The van der Waals surface area contributed by atoms with Gasteiger partial charge in [-0.3, -0.25) is 4.79 Å². The number of amides is 1. The van der Waals surface area contributed by atoms with E-state index in [-0.39, 0.29) is 23.3 Å². The monoisotopic (exact) mass is 399 g/mol. The first-order chi connectivity index (χ1) is 12.0. The normalized spacial score (nSPS) is 25.5. The van der Waals surface area contributed by atoms with E-state index in [1.807, 2.05) is 0 Å². The van der Waals surface area contributed by atoms with E-state index in [0.717, 1.165) is 18.2 Å². The molecule has 1 saturated carbocycles. The Balaban J connectivity index is 2.22. The van der Waals surface area contributed by atoms with Crippen LogP contribution < -0.4 is 5.73 Å². The lowest BCUT2D eigenvalue weighted by Crippen LogP contribution is -2.58. The van der Waals surface area contributed by atoms with Crippen molar-refractivity contribution in [3.63, 3.8) is 0 Å². The molecule has 1 fully saturated rings. The van der Waals surface area contributed by atoms with Crippen LogP contribution >= 0.6 is 11.6 Å². The van der Waals surface area contributed by atoms with Crippen LogP contribution in [0.1, 0.15) is 25.3 Å². The van der Waals surface area contributed by atoms with E-state index in [1.54, 1.807) is 0 Å². The zero-order valence-corrected chi connectivity index (χ0v) is 15.4. The second kappa shape index (κ2) is 6.03. The van der Waals surface area contributed by atoms with Crippen molar-refractivity contribution in [2.24, 2.45) is 11.1 Å². The summed E-state index contributed by atoms with van der Waals surface area (Å²) in [5, 5.41) is 0.338. The van der Waals surface area contributed by atoms with Crippen LogP contribution in [0.15, 0.2) is 47.4 Å². The first-order valence-corrected chi connectivity index (χ1v) is 9.64. The van der Waals surface area contributed by atoms with Crippen molar-refractivity contribution in [1.29, 1.82) is 0 Å². The molecule has 0 radical (unpaired) electrons. The summed E-state index contributed by atoms with van der Waals surface area (Å²) in [4.78, 5) is 11.6. The first kappa shape index (κ1) is 18.8. The molecule has 1 amide bonds. The fourth-order valence-corrected chi connectivity index (χ4v) is 6.13. The van der Waals surface area contributed by atoms with Crippen LogP contribution in [0.5, 0.6) is 0 Å². The molecule has 4 nitrogen and oxygen atoms in total. The Morgan fingerprint density at radius 1 is 1.12 bits per heavy atom. The number of sulfone groups is 1. The van der Waals surface area contributed by atoms with Gasteiger partial charge in [-0.2, -0.15) is 0 Å². The van der Waals surface area contributed by atoms with Crippen LogP contribution in [0.4, 0.5) is 8.78 Å². The lowest BCUT2D eigenvalue weighted by atomic mass is 9.59. The van der Waals surface area contributed by atoms with E-state index in [0.29, 0.717) is 5.02 Å². The predicted octanol–water partition coefficient (Wildman–Crippen LogP) is 3.57. The van der Waals surface area contributed by atoms with Crippen molar-refractivity contribution >= 4 is 27.3 Å². The highest BCUT2D eigenvalue weighted by molar-refractivity contribution is 7.92. The van der Waals surface area contributed by atoms with Crippen molar-refractivity contribution in [1.82, 2.24) is 0 Å². The third-order valence-electron chi connectivity index (χ3n) is 5.00. The maximum absolute atomic E-state index is 14.5. The number of hydrogen-bond donors (Lipinski definition) is 1. The van der Waals surface area contributed by atoms with Crippen LogP contribution in [0.25, 0.3) is 0 Å². The minimum Gasteiger partial charge on any atom is -0.369 e. The number of carbonyl (C=O) groups excluding carboxylic acids is 1. The molecule has 2 aromatic rings. The van der Waals surface area contributed by atoms with Gasteiger partial charge in [-0.1, -0.05) is 18.5 Å². The Kier molecular flexibility index (Phi) is 4.36. The maximum Gasteiger partial charge on any atom is 0.223 e. The minimum atomic E-state index is -4.15. The predicted molar refractivity (Wildman–Crippen MR) is 93.2 cm³/mol. The Morgan fingerprint density at radius 2 is 1.69 bits per heavy atom. The molecule has 26 heavy (non-hydrogen) atoms. The van der Waals surface area contributed by atoms with E-state index in [2.05, 4.69) is 0 Å². The van der Waals surface area contributed by atoms with Crippen LogP contribution in [0, 0.1) is 17.0 Å². The van der Waals surface area contributed by atoms with Gasteiger partial charge in [-0.15, -0.1) is 0 Å². The van der Waals surface area contributed by atoms with Gasteiger partial charge in [-0.05, 0) is 55.3 Å². The van der Waals surface area contributed by atoms with Crippen LogP contribution in [-0.2, 0) is 19.4 Å². The van der Waals surface area contributed by atoms with Gasteiger partial charge in [0.2, 0.25) is 5.91 Å². The van der Waals surface area contributed by atoms with Crippen LogP contribution in [0.3, 0.4) is 0 Å². The van der Waals surface area contributed by atoms with Crippen molar-refractivity contribution in [2.45, 2.75) is 29.4 Å². The highest BCUT2D eigenvalue weighted by Crippen LogP contribution is 2.60. The lowest BCUT2D eigenvalue weighted by Gasteiger charge is -2.52. The molecule has 0 atom stereocenters. The number of benzene rings is 2. The van der Waals surface area contributed by atoms with Crippen LogP contribution in [-0.4, -0.2) is 14.3 Å². The van der Waals surface area contributed by atoms with Gasteiger partial charge in [0.05, 0.1) is 4.90 Å². The van der Waals surface area contributed by atoms with Crippen LogP contribution in [0.2, 0.25) is 5.02 Å². The van der Waals surface area contributed by atoms with E-state index in [1.165, 1.54) is 31.2 Å². The fraction of sp³-hybridized carbons (Fsp3) is 0.278. The van der Waals surface area contributed by atoms with E-state index in [4.69, 9.17) is 17.3 Å². The number of halogens is 3. The summed E-state index contributed by atoms with van der Waals surface area (Å²) in [6, 6.07) is 8.06. The Morgan fingerprint density at radius 3 is 2.23 bits per heavy atom. The Hall–Kier alpha value is -1.99. The van der Waals surface area contributed by atoms with Gasteiger partial charge in [-0.25, -0.2) is 17.2 Å². The summed E-state index contributed by atoms with van der Waals surface area (Å²) < 4.78 is 53.1. The average Bonchev–Trinajstić information content (AvgIpc) is 2.54. The zero-order valence-electron chi connectivity index (χ0n) is 13.8. The molecule has 1 aliphatic rings. The number of carbonyl (C=O) groups is 1. The third kappa shape index (κ3) is 2.70. The van der Waals surface area contributed by atoms with E-state index < -0.39 is 37.5 Å². The minimum absolute atomic E-state index is 0.0860. The molecule has 8 heteroatoms. The standard InChI is InChI=1S/C18H16ClF2NO3S/c1-17(16(22)23)9-18(10-17,14-8-12(20)4-7-15(14)21)26(24,25)13-5-2-11(19)3-6-13/h2-8H,9-10H2,1H3,(H2,22,23)/t17-,18+. The molecule has 0 aromatic heterocycles.